The van der Waals surface area contributed by atoms with E-state index in [1.807, 2.05) is 39.0 Å². The van der Waals surface area contributed by atoms with Crippen molar-refractivity contribution in [1.29, 1.82) is 0 Å². The monoisotopic (exact) mass is 365 g/mol. The van der Waals surface area contributed by atoms with Gasteiger partial charge < -0.3 is 10.1 Å². The molecule has 0 unspecified atom stereocenters. The zero-order valence-corrected chi connectivity index (χ0v) is 17.3. The van der Waals surface area contributed by atoms with Crippen molar-refractivity contribution in [2.45, 2.75) is 54.6 Å². The molecule has 0 saturated carbocycles. The van der Waals surface area contributed by atoms with Crippen molar-refractivity contribution in [3.05, 3.63) is 64.7 Å². The van der Waals surface area contributed by atoms with Crippen molar-refractivity contribution in [3.63, 3.8) is 0 Å². The molecule has 0 aromatic heterocycles. The SMILES string of the molecule is CC=Cc1ccc(COc2cc(C)c(NC(=O)CC(C)(C)C)c(C)c2)cc1. The molecule has 0 aliphatic carbocycles. The van der Waals surface area contributed by atoms with E-state index in [2.05, 4.69) is 56.4 Å². The molecule has 3 nitrogen and oxygen atoms in total. The molecule has 0 aliphatic rings. The lowest BCUT2D eigenvalue weighted by atomic mass is 9.92. The number of benzene rings is 2. The van der Waals surface area contributed by atoms with Crippen LogP contribution >= 0.6 is 0 Å². The average Bonchev–Trinajstić information content (AvgIpc) is 2.56. The summed E-state index contributed by atoms with van der Waals surface area (Å²) in [7, 11) is 0. The van der Waals surface area contributed by atoms with Crippen LogP contribution in [0.3, 0.4) is 0 Å². The van der Waals surface area contributed by atoms with E-state index in [9.17, 15) is 4.79 Å². The van der Waals surface area contributed by atoms with Gasteiger partial charge in [0.25, 0.3) is 0 Å². The second-order valence-electron chi connectivity index (χ2n) is 8.25. The minimum Gasteiger partial charge on any atom is -0.489 e. The summed E-state index contributed by atoms with van der Waals surface area (Å²) in [6.45, 7) is 12.7. The van der Waals surface area contributed by atoms with Gasteiger partial charge in [0.1, 0.15) is 12.4 Å². The van der Waals surface area contributed by atoms with Crippen LogP contribution in [0.5, 0.6) is 5.75 Å². The first-order chi connectivity index (χ1) is 12.7. The normalized spacial score (nSPS) is 11.6. The standard InChI is InChI=1S/C24H31NO2/c1-7-8-19-9-11-20(12-10-19)16-27-21-13-17(2)23(18(3)14-21)25-22(26)15-24(4,5)6/h7-14H,15-16H2,1-6H3,(H,25,26). The summed E-state index contributed by atoms with van der Waals surface area (Å²) in [6.07, 6.45) is 4.59. The molecule has 144 valence electrons. The van der Waals surface area contributed by atoms with E-state index in [-0.39, 0.29) is 11.3 Å². The van der Waals surface area contributed by atoms with E-state index in [0.717, 1.165) is 28.1 Å². The van der Waals surface area contributed by atoms with Gasteiger partial charge in [-0.1, -0.05) is 57.2 Å². The van der Waals surface area contributed by atoms with Crippen molar-refractivity contribution in [3.8, 4) is 5.75 Å². The van der Waals surface area contributed by atoms with Gasteiger partial charge in [-0.15, -0.1) is 0 Å². The molecule has 0 saturated heterocycles. The van der Waals surface area contributed by atoms with E-state index < -0.39 is 0 Å². The number of hydrogen-bond donors (Lipinski definition) is 1. The summed E-state index contributed by atoms with van der Waals surface area (Å²) in [4.78, 5) is 12.3. The number of rotatable bonds is 6. The van der Waals surface area contributed by atoms with E-state index >= 15 is 0 Å². The van der Waals surface area contributed by atoms with Gasteiger partial charge in [-0.2, -0.15) is 0 Å². The first-order valence-electron chi connectivity index (χ1n) is 9.43. The van der Waals surface area contributed by atoms with Crippen molar-refractivity contribution in [2.24, 2.45) is 5.41 Å². The maximum absolute atomic E-state index is 12.3. The minimum absolute atomic E-state index is 0.0303. The third kappa shape index (κ3) is 6.59. The van der Waals surface area contributed by atoms with Gasteiger partial charge in [0, 0.05) is 12.1 Å². The van der Waals surface area contributed by atoms with Gasteiger partial charge in [-0.05, 0) is 60.6 Å². The maximum Gasteiger partial charge on any atom is 0.224 e. The van der Waals surface area contributed by atoms with Crippen LogP contribution in [0.25, 0.3) is 6.08 Å². The first-order valence-corrected chi connectivity index (χ1v) is 9.43. The summed E-state index contributed by atoms with van der Waals surface area (Å²) in [5.74, 6) is 0.861. The molecular formula is C24H31NO2. The number of nitrogens with one attached hydrogen (secondary N) is 1. The highest BCUT2D eigenvalue weighted by molar-refractivity contribution is 5.92. The van der Waals surface area contributed by atoms with E-state index in [1.165, 1.54) is 5.56 Å². The Morgan fingerprint density at radius 1 is 1.07 bits per heavy atom. The van der Waals surface area contributed by atoms with Crippen LogP contribution in [-0.2, 0) is 11.4 Å². The van der Waals surface area contributed by atoms with Gasteiger partial charge >= 0.3 is 0 Å². The lowest BCUT2D eigenvalue weighted by molar-refractivity contribution is -0.117. The molecule has 3 heteroatoms. The third-order valence-corrected chi connectivity index (χ3v) is 4.21. The topological polar surface area (TPSA) is 38.3 Å². The zero-order chi connectivity index (χ0) is 20.0. The lowest BCUT2D eigenvalue weighted by Gasteiger charge is -2.19. The van der Waals surface area contributed by atoms with Crippen LogP contribution in [0.4, 0.5) is 5.69 Å². The second-order valence-corrected chi connectivity index (χ2v) is 8.25. The summed E-state index contributed by atoms with van der Waals surface area (Å²) in [5, 5.41) is 3.05. The molecule has 0 bridgehead atoms. The summed E-state index contributed by atoms with van der Waals surface area (Å²) >= 11 is 0. The molecule has 1 N–H and O–H groups in total. The fourth-order valence-electron chi connectivity index (χ4n) is 2.95. The second kappa shape index (κ2) is 8.90. The van der Waals surface area contributed by atoms with E-state index in [4.69, 9.17) is 4.74 Å². The van der Waals surface area contributed by atoms with Gasteiger partial charge in [0.15, 0.2) is 0 Å². The van der Waals surface area contributed by atoms with Crippen LogP contribution in [0.15, 0.2) is 42.5 Å². The van der Waals surface area contributed by atoms with Gasteiger partial charge in [-0.3, -0.25) is 4.79 Å². The van der Waals surface area contributed by atoms with E-state index in [0.29, 0.717) is 13.0 Å². The van der Waals surface area contributed by atoms with Gasteiger partial charge in [0.2, 0.25) is 5.91 Å². The molecule has 0 atom stereocenters. The number of allylic oxidation sites excluding steroid dienone is 1. The predicted octanol–water partition coefficient (Wildman–Crippen LogP) is 6.29. The number of anilines is 1. The van der Waals surface area contributed by atoms with Crippen LogP contribution in [-0.4, -0.2) is 5.91 Å². The highest BCUT2D eigenvalue weighted by Crippen LogP contribution is 2.28. The highest BCUT2D eigenvalue weighted by Gasteiger charge is 2.17. The Balaban J connectivity index is 2.04. The fourth-order valence-corrected chi connectivity index (χ4v) is 2.95. The molecule has 0 spiro atoms. The maximum atomic E-state index is 12.3. The Kier molecular flexibility index (Phi) is 6.84. The van der Waals surface area contributed by atoms with E-state index in [1.54, 1.807) is 0 Å². The van der Waals surface area contributed by atoms with Crippen molar-refractivity contribution in [2.75, 3.05) is 5.32 Å². The van der Waals surface area contributed by atoms with Crippen LogP contribution in [0.1, 0.15) is 56.4 Å². The Bertz CT molecular complexity index is 788. The van der Waals surface area contributed by atoms with Crippen LogP contribution in [0.2, 0.25) is 0 Å². The van der Waals surface area contributed by atoms with Crippen LogP contribution < -0.4 is 10.1 Å². The Labute approximate surface area is 163 Å². The molecule has 1 amide bonds. The van der Waals surface area contributed by atoms with Gasteiger partial charge in [0.05, 0.1) is 0 Å². The summed E-state index contributed by atoms with van der Waals surface area (Å²) in [5.41, 5.74) is 5.18. The number of amides is 1. The molecule has 2 aromatic carbocycles. The molecule has 0 heterocycles. The molecule has 27 heavy (non-hydrogen) atoms. The summed E-state index contributed by atoms with van der Waals surface area (Å²) < 4.78 is 5.96. The first kappa shape index (κ1) is 20.8. The van der Waals surface area contributed by atoms with Gasteiger partial charge in [-0.25, -0.2) is 0 Å². The average molecular weight is 366 g/mol. The third-order valence-electron chi connectivity index (χ3n) is 4.21. The molecule has 2 rings (SSSR count). The highest BCUT2D eigenvalue weighted by atomic mass is 16.5. The summed E-state index contributed by atoms with van der Waals surface area (Å²) in [6, 6.07) is 12.3. The van der Waals surface area contributed by atoms with Crippen molar-refractivity contribution in [1.82, 2.24) is 0 Å². The molecule has 0 fully saturated rings. The molecular weight excluding hydrogens is 334 g/mol. The number of ether oxygens (including phenoxy) is 1. The van der Waals surface area contributed by atoms with Crippen LogP contribution in [0, 0.1) is 19.3 Å². The lowest BCUT2D eigenvalue weighted by Crippen LogP contribution is -2.20. The zero-order valence-electron chi connectivity index (χ0n) is 17.3. The number of carbonyl (C=O) groups is 1. The largest absolute Gasteiger partial charge is 0.489 e. The Hall–Kier alpha value is -2.55. The van der Waals surface area contributed by atoms with Crippen molar-refractivity contribution < 1.29 is 9.53 Å². The fraction of sp³-hybridized carbons (Fsp3) is 0.375. The quantitative estimate of drug-likeness (QED) is 0.653. The number of hydrogen-bond acceptors (Lipinski definition) is 2. The predicted molar refractivity (Wildman–Crippen MR) is 114 cm³/mol. The molecule has 0 aliphatic heterocycles. The Morgan fingerprint density at radius 3 is 2.19 bits per heavy atom. The molecule has 2 aromatic rings. The number of aryl methyl sites for hydroxylation is 2. The Morgan fingerprint density at radius 2 is 1.67 bits per heavy atom. The molecule has 0 radical (unpaired) electrons. The van der Waals surface area contributed by atoms with Crippen molar-refractivity contribution >= 4 is 17.7 Å². The number of carbonyl (C=O) groups excluding carboxylic acids is 1. The minimum atomic E-state index is -0.0303. The smallest absolute Gasteiger partial charge is 0.224 e.